The lowest BCUT2D eigenvalue weighted by molar-refractivity contribution is 0.112. The third-order valence-corrected chi connectivity index (χ3v) is 2.95. The van der Waals surface area contributed by atoms with Gasteiger partial charge in [-0.1, -0.05) is 12.1 Å². The van der Waals surface area contributed by atoms with Gasteiger partial charge >= 0.3 is 0 Å². The summed E-state index contributed by atoms with van der Waals surface area (Å²) in [5, 5.41) is 0. The van der Waals surface area contributed by atoms with Gasteiger partial charge in [0.25, 0.3) is 0 Å². The third-order valence-electron chi connectivity index (χ3n) is 2.95. The molecule has 2 aromatic rings. The lowest BCUT2D eigenvalue weighted by Crippen LogP contribution is -2.24. The van der Waals surface area contributed by atoms with E-state index in [0.29, 0.717) is 25.1 Å². The number of hydrogen-bond donors (Lipinski definition) is 0. The van der Waals surface area contributed by atoms with Crippen LogP contribution < -0.4 is 4.90 Å². The Morgan fingerprint density at radius 2 is 2.11 bits per heavy atom. The van der Waals surface area contributed by atoms with E-state index in [1.165, 1.54) is 6.07 Å². The molecule has 0 saturated heterocycles. The number of halogens is 1. The Labute approximate surface area is 111 Å². The summed E-state index contributed by atoms with van der Waals surface area (Å²) >= 11 is 0. The molecule has 0 bridgehead atoms. The molecule has 3 nitrogen and oxygen atoms in total. The van der Waals surface area contributed by atoms with E-state index in [4.69, 9.17) is 0 Å². The van der Waals surface area contributed by atoms with Crippen LogP contribution in [-0.4, -0.2) is 17.8 Å². The second kappa shape index (κ2) is 6.09. The van der Waals surface area contributed by atoms with Gasteiger partial charge in [-0.05, 0) is 31.2 Å². The molecule has 1 heterocycles. The van der Waals surface area contributed by atoms with Crippen LogP contribution >= 0.6 is 0 Å². The Hall–Kier alpha value is -2.23. The molecule has 1 aromatic heterocycles. The van der Waals surface area contributed by atoms with Crippen molar-refractivity contribution in [3.8, 4) is 0 Å². The van der Waals surface area contributed by atoms with Crippen LogP contribution in [0.3, 0.4) is 0 Å². The van der Waals surface area contributed by atoms with Crippen molar-refractivity contribution < 1.29 is 9.18 Å². The van der Waals surface area contributed by atoms with E-state index in [9.17, 15) is 9.18 Å². The summed E-state index contributed by atoms with van der Waals surface area (Å²) in [7, 11) is 0. The molecule has 98 valence electrons. The fourth-order valence-electron chi connectivity index (χ4n) is 1.97. The van der Waals surface area contributed by atoms with Gasteiger partial charge in [-0.25, -0.2) is 4.39 Å². The number of aldehydes is 1. The maximum atomic E-state index is 13.6. The molecule has 0 unspecified atom stereocenters. The van der Waals surface area contributed by atoms with E-state index in [0.717, 1.165) is 5.69 Å². The van der Waals surface area contributed by atoms with Crippen molar-refractivity contribution >= 4 is 12.0 Å². The van der Waals surface area contributed by atoms with Gasteiger partial charge in [0.1, 0.15) is 5.82 Å². The molecule has 0 atom stereocenters. The molecule has 19 heavy (non-hydrogen) atoms. The number of carbonyl (C=O) groups is 1. The molecule has 0 aliphatic heterocycles. The van der Waals surface area contributed by atoms with E-state index in [2.05, 4.69) is 4.98 Å². The van der Waals surface area contributed by atoms with Gasteiger partial charge in [-0.15, -0.1) is 0 Å². The van der Waals surface area contributed by atoms with Crippen molar-refractivity contribution in [3.05, 3.63) is 59.7 Å². The fraction of sp³-hybridized carbons (Fsp3) is 0.200. The van der Waals surface area contributed by atoms with Crippen molar-refractivity contribution in [2.75, 3.05) is 11.4 Å². The van der Waals surface area contributed by atoms with Gasteiger partial charge in [0.05, 0.1) is 23.5 Å². The third kappa shape index (κ3) is 2.96. The smallest absolute Gasteiger partial charge is 0.155 e. The van der Waals surface area contributed by atoms with Gasteiger partial charge in [0.2, 0.25) is 0 Å². The maximum Gasteiger partial charge on any atom is 0.155 e. The Morgan fingerprint density at radius 3 is 2.74 bits per heavy atom. The molecule has 0 radical (unpaired) electrons. The first-order valence-electron chi connectivity index (χ1n) is 6.14. The minimum atomic E-state index is -0.494. The monoisotopic (exact) mass is 258 g/mol. The van der Waals surface area contributed by atoms with Crippen LogP contribution in [0.15, 0.2) is 42.6 Å². The zero-order valence-electron chi connectivity index (χ0n) is 10.7. The highest BCUT2D eigenvalue weighted by Crippen LogP contribution is 2.22. The first kappa shape index (κ1) is 13.2. The molecule has 2 rings (SSSR count). The predicted molar refractivity (Wildman–Crippen MR) is 72.7 cm³/mol. The molecule has 0 spiro atoms. The van der Waals surface area contributed by atoms with E-state index in [1.807, 2.05) is 30.0 Å². The van der Waals surface area contributed by atoms with Gasteiger partial charge in [-0.2, -0.15) is 0 Å². The summed E-state index contributed by atoms with van der Waals surface area (Å²) in [5.74, 6) is -0.494. The van der Waals surface area contributed by atoms with E-state index in [-0.39, 0.29) is 5.56 Å². The average Bonchev–Trinajstić information content (AvgIpc) is 2.45. The summed E-state index contributed by atoms with van der Waals surface area (Å²) in [6.07, 6.45) is 2.28. The number of rotatable bonds is 5. The lowest BCUT2D eigenvalue weighted by Gasteiger charge is -2.24. The summed E-state index contributed by atoms with van der Waals surface area (Å²) in [5.41, 5.74) is 1.58. The van der Waals surface area contributed by atoms with Crippen molar-refractivity contribution in [2.24, 2.45) is 0 Å². The Morgan fingerprint density at radius 1 is 1.26 bits per heavy atom. The molecule has 0 aliphatic carbocycles. The van der Waals surface area contributed by atoms with Crippen LogP contribution in [0.5, 0.6) is 0 Å². The molecule has 4 heteroatoms. The Bertz CT molecular complexity index is 557. The largest absolute Gasteiger partial charge is 0.365 e. The van der Waals surface area contributed by atoms with Crippen LogP contribution in [0.4, 0.5) is 10.1 Å². The topological polar surface area (TPSA) is 33.2 Å². The number of nitrogens with zero attached hydrogens (tertiary/aromatic N) is 2. The van der Waals surface area contributed by atoms with E-state index >= 15 is 0 Å². The summed E-state index contributed by atoms with van der Waals surface area (Å²) in [6.45, 7) is 3.17. The number of carbonyl (C=O) groups excluding carboxylic acids is 1. The summed E-state index contributed by atoms with van der Waals surface area (Å²) in [4.78, 5) is 17.2. The molecular formula is C15H15FN2O. The number of hydrogen-bond acceptors (Lipinski definition) is 3. The number of aromatic nitrogens is 1. The van der Waals surface area contributed by atoms with Crippen molar-refractivity contribution in [2.45, 2.75) is 13.5 Å². The number of pyridine rings is 1. The standard InChI is InChI=1S/C15H15FN2O/c1-2-18(10-12-6-3-4-9-17-12)15-8-5-7-14(16)13(15)11-19/h3-9,11H,2,10H2,1H3. The zero-order chi connectivity index (χ0) is 13.7. The Balaban J connectivity index is 2.32. The van der Waals surface area contributed by atoms with Crippen LogP contribution in [0.1, 0.15) is 23.0 Å². The average molecular weight is 258 g/mol. The second-order valence-corrected chi connectivity index (χ2v) is 4.13. The lowest BCUT2D eigenvalue weighted by atomic mass is 10.1. The molecule has 0 saturated carbocycles. The molecule has 0 amide bonds. The molecule has 0 aliphatic rings. The molecule has 1 aromatic carbocycles. The normalized spacial score (nSPS) is 10.2. The highest BCUT2D eigenvalue weighted by atomic mass is 19.1. The summed E-state index contributed by atoms with van der Waals surface area (Å²) in [6, 6.07) is 10.3. The quantitative estimate of drug-likeness (QED) is 0.773. The zero-order valence-corrected chi connectivity index (χ0v) is 10.7. The van der Waals surface area contributed by atoms with Crippen LogP contribution in [-0.2, 0) is 6.54 Å². The fourth-order valence-corrected chi connectivity index (χ4v) is 1.97. The number of anilines is 1. The minimum Gasteiger partial charge on any atom is -0.365 e. The Kier molecular flexibility index (Phi) is 4.23. The van der Waals surface area contributed by atoms with Gasteiger partial charge in [0.15, 0.2) is 6.29 Å². The van der Waals surface area contributed by atoms with E-state index < -0.39 is 5.82 Å². The predicted octanol–water partition coefficient (Wildman–Crippen LogP) is 3.06. The number of benzene rings is 1. The van der Waals surface area contributed by atoms with Gasteiger partial charge in [-0.3, -0.25) is 9.78 Å². The second-order valence-electron chi connectivity index (χ2n) is 4.13. The van der Waals surface area contributed by atoms with Gasteiger partial charge in [0, 0.05) is 12.7 Å². The molecule has 0 fully saturated rings. The van der Waals surface area contributed by atoms with Crippen molar-refractivity contribution in [1.29, 1.82) is 0 Å². The van der Waals surface area contributed by atoms with Crippen LogP contribution in [0, 0.1) is 5.82 Å². The summed E-state index contributed by atoms with van der Waals surface area (Å²) < 4.78 is 13.6. The highest BCUT2D eigenvalue weighted by Gasteiger charge is 2.13. The molecular weight excluding hydrogens is 243 g/mol. The van der Waals surface area contributed by atoms with E-state index in [1.54, 1.807) is 18.3 Å². The van der Waals surface area contributed by atoms with Crippen LogP contribution in [0.2, 0.25) is 0 Å². The highest BCUT2D eigenvalue weighted by molar-refractivity contribution is 5.85. The van der Waals surface area contributed by atoms with Gasteiger partial charge < -0.3 is 4.90 Å². The minimum absolute atomic E-state index is 0.0975. The first-order valence-corrected chi connectivity index (χ1v) is 6.14. The van der Waals surface area contributed by atoms with Crippen molar-refractivity contribution in [3.63, 3.8) is 0 Å². The van der Waals surface area contributed by atoms with Crippen molar-refractivity contribution in [1.82, 2.24) is 4.98 Å². The molecule has 0 N–H and O–H groups in total. The SMILES string of the molecule is CCN(Cc1ccccn1)c1cccc(F)c1C=O. The maximum absolute atomic E-state index is 13.6. The van der Waals surface area contributed by atoms with Crippen LogP contribution in [0.25, 0.3) is 0 Å². The first-order chi connectivity index (χ1) is 9.26.